The zero-order valence-electron chi connectivity index (χ0n) is 9.00. The van der Waals surface area contributed by atoms with Crippen LogP contribution in [0.5, 0.6) is 0 Å². The maximum absolute atomic E-state index is 5.59. The predicted octanol–water partition coefficient (Wildman–Crippen LogP) is 1.09. The maximum atomic E-state index is 5.59. The number of nitrogens with two attached hydrogens (primary N) is 1. The number of aryl methyl sites for hydroxylation is 2. The lowest BCUT2D eigenvalue weighted by Gasteiger charge is -2.08. The zero-order valence-corrected chi connectivity index (χ0v) is 9.00. The lowest BCUT2D eigenvalue weighted by Crippen LogP contribution is -2.09. The van der Waals surface area contributed by atoms with Gasteiger partial charge in [-0.05, 0) is 20.8 Å². The van der Waals surface area contributed by atoms with Crippen LogP contribution in [-0.4, -0.2) is 16.6 Å². The van der Waals surface area contributed by atoms with Crippen LogP contribution >= 0.6 is 0 Å². The molecule has 4 heteroatoms. The Balaban J connectivity index is 2.90. The summed E-state index contributed by atoms with van der Waals surface area (Å²) in [6.07, 6.45) is 0. The van der Waals surface area contributed by atoms with E-state index in [1.54, 1.807) is 0 Å². The van der Waals surface area contributed by atoms with Crippen molar-refractivity contribution in [2.45, 2.75) is 33.9 Å². The highest BCUT2D eigenvalue weighted by Crippen LogP contribution is 2.09. The first-order valence-electron chi connectivity index (χ1n) is 4.79. The lowest BCUT2D eigenvalue weighted by atomic mass is 10.2. The standard InChI is InChI=1S/C10H17N3O/c1-4-14-6-10-12-7(2)9(5-11)8(3)13-10/h4-6,11H2,1-3H3. The van der Waals surface area contributed by atoms with Crippen LogP contribution in [0, 0.1) is 13.8 Å². The van der Waals surface area contributed by atoms with E-state index in [9.17, 15) is 0 Å². The van der Waals surface area contributed by atoms with Crippen molar-refractivity contribution in [3.05, 3.63) is 22.8 Å². The SMILES string of the molecule is CCOCc1nc(C)c(CN)c(C)n1. The van der Waals surface area contributed by atoms with Crippen LogP contribution in [0.1, 0.15) is 29.7 Å². The summed E-state index contributed by atoms with van der Waals surface area (Å²) in [5.74, 6) is 0.735. The number of nitrogens with zero attached hydrogens (tertiary/aromatic N) is 2. The molecule has 0 aromatic carbocycles. The molecule has 1 rings (SSSR count). The summed E-state index contributed by atoms with van der Waals surface area (Å²) in [5.41, 5.74) is 8.53. The zero-order chi connectivity index (χ0) is 10.6. The van der Waals surface area contributed by atoms with Gasteiger partial charge in [0.25, 0.3) is 0 Å². The molecule has 0 atom stereocenters. The fourth-order valence-electron chi connectivity index (χ4n) is 1.36. The maximum Gasteiger partial charge on any atom is 0.154 e. The molecule has 0 aliphatic heterocycles. The Morgan fingerprint density at radius 2 is 1.79 bits per heavy atom. The fourth-order valence-corrected chi connectivity index (χ4v) is 1.36. The molecule has 0 saturated heterocycles. The average Bonchev–Trinajstić information content (AvgIpc) is 2.14. The van der Waals surface area contributed by atoms with E-state index in [2.05, 4.69) is 9.97 Å². The highest BCUT2D eigenvalue weighted by atomic mass is 16.5. The van der Waals surface area contributed by atoms with Gasteiger partial charge in [0.15, 0.2) is 5.82 Å². The fraction of sp³-hybridized carbons (Fsp3) is 0.600. The smallest absolute Gasteiger partial charge is 0.154 e. The van der Waals surface area contributed by atoms with Crippen LogP contribution in [0.15, 0.2) is 0 Å². The first kappa shape index (κ1) is 11.1. The van der Waals surface area contributed by atoms with Crippen molar-refractivity contribution in [3.63, 3.8) is 0 Å². The molecule has 0 aliphatic carbocycles. The largest absolute Gasteiger partial charge is 0.374 e. The van der Waals surface area contributed by atoms with Gasteiger partial charge in [0, 0.05) is 30.1 Å². The highest BCUT2D eigenvalue weighted by molar-refractivity contribution is 5.23. The predicted molar refractivity (Wildman–Crippen MR) is 54.7 cm³/mol. The van der Waals surface area contributed by atoms with E-state index < -0.39 is 0 Å². The number of hydrogen-bond acceptors (Lipinski definition) is 4. The van der Waals surface area contributed by atoms with Crippen LogP contribution in [0.4, 0.5) is 0 Å². The van der Waals surface area contributed by atoms with Gasteiger partial charge in [-0.1, -0.05) is 0 Å². The molecule has 0 fully saturated rings. The van der Waals surface area contributed by atoms with Gasteiger partial charge >= 0.3 is 0 Å². The summed E-state index contributed by atoms with van der Waals surface area (Å²) in [6.45, 7) is 7.50. The van der Waals surface area contributed by atoms with Crippen LogP contribution < -0.4 is 5.73 Å². The third-order valence-corrected chi connectivity index (χ3v) is 2.11. The second-order valence-electron chi connectivity index (χ2n) is 3.13. The average molecular weight is 195 g/mol. The summed E-state index contributed by atoms with van der Waals surface area (Å²) >= 11 is 0. The Bertz CT molecular complexity index is 289. The number of ether oxygens (including phenoxy) is 1. The molecule has 2 N–H and O–H groups in total. The highest BCUT2D eigenvalue weighted by Gasteiger charge is 2.06. The first-order chi connectivity index (χ1) is 6.69. The van der Waals surface area contributed by atoms with Crippen molar-refractivity contribution in [2.75, 3.05) is 6.61 Å². The molecule has 14 heavy (non-hydrogen) atoms. The Morgan fingerprint density at radius 3 is 2.21 bits per heavy atom. The molecular weight excluding hydrogens is 178 g/mol. The minimum absolute atomic E-state index is 0.475. The Kier molecular flexibility index (Phi) is 3.98. The Morgan fingerprint density at radius 1 is 1.21 bits per heavy atom. The second kappa shape index (κ2) is 5.02. The van der Waals surface area contributed by atoms with E-state index in [4.69, 9.17) is 10.5 Å². The molecule has 1 aromatic rings. The van der Waals surface area contributed by atoms with Crippen molar-refractivity contribution < 1.29 is 4.74 Å². The van der Waals surface area contributed by atoms with Gasteiger partial charge in [0.1, 0.15) is 6.61 Å². The molecule has 0 bridgehead atoms. The lowest BCUT2D eigenvalue weighted by molar-refractivity contribution is 0.128. The van der Waals surface area contributed by atoms with E-state index in [-0.39, 0.29) is 0 Å². The van der Waals surface area contributed by atoms with Crippen molar-refractivity contribution >= 4 is 0 Å². The van der Waals surface area contributed by atoms with Crippen LogP contribution in [0.3, 0.4) is 0 Å². The third-order valence-electron chi connectivity index (χ3n) is 2.11. The summed E-state index contributed by atoms with van der Waals surface area (Å²) in [5, 5.41) is 0. The summed E-state index contributed by atoms with van der Waals surface area (Å²) in [6, 6.07) is 0. The number of hydrogen-bond donors (Lipinski definition) is 1. The second-order valence-corrected chi connectivity index (χ2v) is 3.13. The van der Waals surface area contributed by atoms with E-state index in [0.29, 0.717) is 19.8 Å². The van der Waals surface area contributed by atoms with Gasteiger partial charge in [-0.3, -0.25) is 0 Å². The third kappa shape index (κ3) is 2.49. The normalized spacial score (nSPS) is 10.6. The van der Waals surface area contributed by atoms with E-state index in [0.717, 1.165) is 22.8 Å². The van der Waals surface area contributed by atoms with Crippen molar-refractivity contribution in [1.82, 2.24) is 9.97 Å². The van der Waals surface area contributed by atoms with Crippen molar-refractivity contribution in [3.8, 4) is 0 Å². The van der Waals surface area contributed by atoms with E-state index >= 15 is 0 Å². The molecular formula is C10H17N3O. The number of aromatic nitrogens is 2. The van der Waals surface area contributed by atoms with Crippen molar-refractivity contribution in [1.29, 1.82) is 0 Å². The Hall–Kier alpha value is -1.00. The molecule has 1 aromatic heterocycles. The first-order valence-corrected chi connectivity index (χ1v) is 4.79. The van der Waals surface area contributed by atoms with Crippen LogP contribution in [0.25, 0.3) is 0 Å². The van der Waals surface area contributed by atoms with Gasteiger partial charge in [-0.2, -0.15) is 0 Å². The number of rotatable bonds is 4. The molecule has 1 heterocycles. The van der Waals surface area contributed by atoms with Gasteiger partial charge in [-0.15, -0.1) is 0 Å². The molecule has 78 valence electrons. The van der Waals surface area contributed by atoms with Crippen molar-refractivity contribution in [2.24, 2.45) is 5.73 Å². The summed E-state index contributed by atoms with van der Waals surface area (Å²) < 4.78 is 5.25. The van der Waals surface area contributed by atoms with Crippen LogP contribution in [0.2, 0.25) is 0 Å². The molecule has 0 spiro atoms. The van der Waals surface area contributed by atoms with Gasteiger partial charge in [0.2, 0.25) is 0 Å². The molecule has 0 radical (unpaired) electrons. The molecule has 0 unspecified atom stereocenters. The minimum Gasteiger partial charge on any atom is -0.374 e. The monoisotopic (exact) mass is 195 g/mol. The Labute approximate surface area is 84.5 Å². The van der Waals surface area contributed by atoms with Crippen LogP contribution in [-0.2, 0) is 17.9 Å². The van der Waals surface area contributed by atoms with Gasteiger partial charge in [-0.25, -0.2) is 9.97 Å². The van der Waals surface area contributed by atoms with Gasteiger partial charge in [0.05, 0.1) is 0 Å². The molecule has 0 saturated carbocycles. The summed E-state index contributed by atoms with van der Waals surface area (Å²) in [7, 11) is 0. The molecule has 4 nitrogen and oxygen atoms in total. The molecule has 0 aliphatic rings. The van der Waals surface area contributed by atoms with Gasteiger partial charge < -0.3 is 10.5 Å². The molecule has 0 amide bonds. The quantitative estimate of drug-likeness (QED) is 0.781. The topological polar surface area (TPSA) is 61.0 Å². The summed E-state index contributed by atoms with van der Waals surface area (Å²) in [4.78, 5) is 8.65. The minimum atomic E-state index is 0.475. The van der Waals surface area contributed by atoms with E-state index in [1.165, 1.54) is 0 Å². The van der Waals surface area contributed by atoms with E-state index in [1.807, 2.05) is 20.8 Å².